The highest BCUT2D eigenvalue weighted by Gasteiger charge is 1.97. The average Bonchev–Trinajstić information content (AvgIpc) is 2.16. The van der Waals surface area contributed by atoms with Crippen molar-refractivity contribution in [1.82, 2.24) is 0 Å². The van der Waals surface area contributed by atoms with Crippen LogP contribution in [0.2, 0.25) is 0 Å². The Morgan fingerprint density at radius 3 is 2.38 bits per heavy atom. The lowest BCUT2D eigenvalue weighted by Gasteiger charge is -2.02. The highest BCUT2D eigenvalue weighted by molar-refractivity contribution is 7.81. The lowest BCUT2D eigenvalue weighted by Crippen LogP contribution is -2.06. The summed E-state index contributed by atoms with van der Waals surface area (Å²) in [6, 6.07) is 0. The summed E-state index contributed by atoms with van der Waals surface area (Å²) < 4.78 is 4.83. The SMILES string of the molecule is O=C(CS)OCCCCCCCO. The Labute approximate surface area is 84.9 Å². The first kappa shape index (κ1) is 12.8. The van der Waals surface area contributed by atoms with Crippen LogP contribution in [-0.2, 0) is 9.53 Å². The van der Waals surface area contributed by atoms with Gasteiger partial charge < -0.3 is 9.84 Å². The molecule has 0 atom stereocenters. The number of hydrogen-bond acceptors (Lipinski definition) is 4. The molecule has 0 fully saturated rings. The summed E-state index contributed by atoms with van der Waals surface area (Å²) in [4.78, 5) is 10.6. The molecule has 4 heteroatoms. The third-order valence-electron chi connectivity index (χ3n) is 1.69. The second-order valence-corrected chi connectivity index (χ2v) is 3.19. The number of carbonyl (C=O) groups is 1. The smallest absolute Gasteiger partial charge is 0.315 e. The molecule has 0 aromatic heterocycles. The van der Waals surface area contributed by atoms with Gasteiger partial charge in [0.05, 0.1) is 12.4 Å². The van der Waals surface area contributed by atoms with E-state index in [4.69, 9.17) is 9.84 Å². The van der Waals surface area contributed by atoms with E-state index in [1.165, 1.54) is 0 Å². The van der Waals surface area contributed by atoms with Crippen molar-refractivity contribution in [2.24, 2.45) is 0 Å². The molecule has 0 radical (unpaired) electrons. The Kier molecular flexibility index (Phi) is 9.70. The first-order valence-corrected chi connectivity index (χ1v) is 5.32. The maximum absolute atomic E-state index is 10.6. The minimum absolute atomic E-state index is 0.157. The fourth-order valence-corrected chi connectivity index (χ4v) is 1.07. The van der Waals surface area contributed by atoms with Gasteiger partial charge in [0.2, 0.25) is 0 Å². The summed E-state index contributed by atoms with van der Waals surface area (Å²) in [7, 11) is 0. The Hall–Kier alpha value is -0.220. The molecule has 0 amide bonds. The van der Waals surface area contributed by atoms with Gasteiger partial charge in [-0.15, -0.1) is 0 Å². The largest absolute Gasteiger partial charge is 0.465 e. The van der Waals surface area contributed by atoms with Crippen LogP contribution in [0.5, 0.6) is 0 Å². The molecule has 0 aromatic carbocycles. The third kappa shape index (κ3) is 9.70. The topological polar surface area (TPSA) is 46.5 Å². The normalized spacial score (nSPS) is 10.0. The summed E-state index contributed by atoms with van der Waals surface area (Å²) in [6.07, 6.45) is 4.98. The van der Waals surface area contributed by atoms with Crippen molar-refractivity contribution in [3.63, 3.8) is 0 Å². The number of unbranched alkanes of at least 4 members (excludes halogenated alkanes) is 4. The number of esters is 1. The molecule has 0 heterocycles. The number of aliphatic hydroxyl groups excluding tert-OH is 1. The summed E-state index contributed by atoms with van der Waals surface area (Å²) in [5, 5.41) is 8.50. The fraction of sp³-hybridized carbons (Fsp3) is 0.889. The average molecular weight is 206 g/mol. The van der Waals surface area contributed by atoms with Gasteiger partial charge in [-0.3, -0.25) is 4.79 Å². The van der Waals surface area contributed by atoms with Crippen molar-refractivity contribution in [3.8, 4) is 0 Å². The molecule has 0 saturated heterocycles. The van der Waals surface area contributed by atoms with E-state index in [1.807, 2.05) is 0 Å². The van der Waals surface area contributed by atoms with Gasteiger partial charge >= 0.3 is 5.97 Å². The van der Waals surface area contributed by atoms with E-state index in [1.54, 1.807) is 0 Å². The molecule has 13 heavy (non-hydrogen) atoms. The molecule has 0 aliphatic rings. The first-order chi connectivity index (χ1) is 6.31. The number of ether oxygens (including phenoxy) is 1. The van der Waals surface area contributed by atoms with Crippen LogP contribution in [0.25, 0.3) is 0 Å². The van der Waals surface area contributed by atoms with Crippen molar-refractivity contribution in [3.05, 3.63) is 0 Å². The number of aliphatic hydroxyl groups is 1. The predicted molar refractivity (Wildman–Crippen MR) is 55.0 cm³/mol. The molecular weight excluding hydrogens is 188 g/mol. The van der Waals surface area contributed by atoms with Crippen LogP contribution in [0.4, 0.5) is 0 Å². The molecular formula is C9H18O3S. The highest BCUT2D eigenvalue weighted by atomic mass is 32.1. The van der Waals surface area contributed by atoms with E-state index in [2.05, 4.69) is 12.6 Å². The zero-order chi connectivity index (χ0) is 9.94. The van der Waals surface area contributed by atoms with Gasteiger partial charge in [0.25, 0.3) is 0 Å². The van der Waals surface area contributed by atoms with Gasteiger partial charge in [-0.2, -0.15) is 12.6 Å². The molecule has 78 valence electrons. The monoisotopic (exact) mass is 206 g/mol. The van der Waals surface area contributed by atoms with E-state index < -0.39 is 0 Å². The van der Waals surface area contributed by atoms with Crippen molar-refractivity contribution < 1.29 is 14.6 Å². The Bertz CT molecular complexity index is 128. The van der Waals surface area contributed by atoms with Crippen LogP contribution in [0.15, 0.2) is 0 Å². The number of rotatable bonds is 8. The molecule has 0 aromatic rings. The Balaban J connectivity index is 2.95. The van der Waals surface area contributed by atoms with Gasteiger partial charge in [-0.1, -0.05) is 19.3 Å². The van der Waals surface area contributed by atoms with E-state index in [0.717, 1.165) is 32.1 Å². The Morgan fingerprint density at radius 1 is 1.15 bits per heavy atom. The molecule has 0 aliphatic carbocycles. The van der Waals surface area contributed by atoms with Crippen molar-refractivity contribution >= 4 is 18.6 Å². The van der Waals surface area contributed by atoms with Crippen LogP contribution in [0.3, 0.4) is 0 Å². The van der Waals surface area contributed by atoms with Crippen molar-refractivity contribution in [2.75, 3.05) is 19.0 Å². The number of hydrogen-bond donors (Lipinski definition) is 2. The molecule has 0 saturated carbocycles. The molecule has 1 N–H and O–H groups in total. The van der Waals surface area contributed by atoms with E-state index in [0.29, 0.717) is 6.61 Å². The van der Waals surface area contributed by atoms with Gasteiger partial charge in [0.1, 0.15) is 0 Å². The molecule has 0 unspecified atom stereocenters. The van der Waals surface area contributed by atoms with Crippen LogP contribution in [0, 0.1) is 0 Å². The summed E-state index contributed by atoms with van der Waals surface area (Å²) in [6.45, 7) is 0.771. The van der Waals surface area contributed by atoms with Gasteiger partial charge in [-0.05, 0) is 12.8 Å². The van der Waals surface area contributed by atoms with Crippen LogP contribution in [-0.4, -0.2) is 30.0 Å². The third-order valence-corrected chi connectivity index (χ3v) is 1.95. The lowest BCUT2D eigenvalue weighted by atomic mass is 10.1. The zero-order valence-corrected chi connectivity index (χ0v) is 8.76. The lowest BCUT2D eigenvalue weighted by molar-refractivity contribution is -0.140. The van der Waals surface area contributed by atoms with Crippen molar-refractivity contribution in [2.45, 2.75) is 32.1 Å². The summed E-state index contributed by atoms with van der Waals surface area (Å²) in [5.74, 6) is -0.0940. The molecule has 0 bridgehead atoms. The van der Waals surface area contributed by atoms with Crippen LogP contribution >= 0.6 is 12.6 Å². The fourth-order valence-electron chi connectivity index (χ4n) is 0.976. The number of thiol groups is 1. The standard InChI is InChI=1S/C9H18O3S/c10-6-4-2-1-3-5-7-12-9(11)8-13/h10,13H,1-8H2. The van der Waals surface area contributed by atoms with Crippen LogP contribution in [0.1, 0.15) is 32.1 Å². The zero-order valence-electron chi connectivity index (χ0n) is 7.87. The maximum atomic E-state index is 10.6. The van der Waals surface area contributed by atoms with Gasteiger partial charge in [-0.25, -0.2) is 0 Å². The van der Waals surface area contributed by atoms with Crippen LogP contribution < -0.4 is 0 Å². The highest BCUT2D eigenvalue weighted by Crippen LogP contribution is 2.02. The minimum atomic E-state index is -0.251. The minimum Gasteiger partial charge on any atom is -0.465 e. The van der Waals surface area contributed by atoms with E-state index in [9.17, 15) is 4.79 Å². The molecule has 0 spiro atoms. The van der Waals surface area contributed by atoms with Gasteiger partial charge in [0.15, 0.2) is 0 Å². The Morgan fingerprint density at radius 2 is 1.77 bits per heavy atom. The van der Waals surface area contributed by atoms with E-state index in [-0.39, 0.29) is 18.3 Å². The first-order valence-electron chi connectivity index (χ1n) is 4.68. The number of carbonyl (C=O) groups excluding carboxylic acids is 1. The summed E-state index contributed by atoms with van der Waals surface area (Å²) >= 11 is 3.78. The maximum Gasteiger partial charge on any atom is 0.315 e. The van der Waals surface area contributed by atoms with E-state index >= 15 is 0 Å². The second-order valence-electron chi connectivity index (χ2n) is 2.87. The summed E-state index contributed by atoms with van der Waals surface area (Å²) in [5.41, 5.74) is 0. The van der Waals surface area contributed by atoms with Crippen molar-refractivity contribution in [1.29, 1.82) is 0 Å². The second kappa shape index (κ2) is 9.86. The molecule has 0 aliphatic heterocycles. The quantitative estimate of drug-likeness (QED) is 0.358. The predicted octanol–water partition coefficient (Wildman–Crippen LogP) is 1.40. The molecule has 0 rings (SSSR count). The molecule has 3 nitrogen and oxygen atoms in total. The van der Waals surface area contributed by atoms with Gasteiger partial charge in [0, 0.05) is 6.61 Å².